The normalized spacial score (nSPS) is 18.9. The largest absolute Gasteiger partial charge is 0.310 e. The van der Waals surface area contributed by atoms with Crippen molar-refractivity contribution in [3.63, 3.8) is 0 Å². The van der Waals surface area contributed by atoms with E-state index in [1.807, 2.05) is 6.07 Å². The Kier molecular flexibility index (Phi) is 3.04. The van der Waals surface area contributed by atoms with Crippen LogP contribution in [0.15, 0.2) is 18.2 Å². The Balaban J connectivity index is 2.42. The second-order valence-corrected chi connectivity index (χ2v) is 4.28. The second kappa shape index (κ2) is 4.49. The molecule has 84 valence electrons. The van der Waals surface area contributed by atoms with Gasteiger partial charge in [0.05, 0.1) is 11.3 Å². The smallest absolute Gasteiger partial charge is 0.228 e. The molecule has 0 N–H and O–H groups in total. The van der Waals surface area contributed by atoms with E-state index in [1.54, 1.807) is 18.2 Å². The van der Waals surface area contributed by atoms with Crippen molar-refractivity contribution in [2.75, 3.05) is 11.4 Å². The van der Waals surface area contributed by atoms with Crippen LogP contribution in [-0.4, -0.2) is 12.5 Å². The van der Waals surface area contributed by atoms with Crippen LogP contribution in [0.1, 0.15) is 12.0 Å². The summed E-state index contributed by atoms with van der Waals surface area (Å²) in [5, 5.41) is 9.50. The van der Waals surface area contributed by atoms with Gasteiger partial charge in [0.1, 0.15) is 6.07 Å². The molecule has 3 nitrogen and oxygen atoms in total. The van der Waals surface area contributed by atoms with Gasteiger partial charge in [-0.25, -0.2) is 0 Å². The van der Waals surface area contributed by atoms with Crippen molar-refractivity contribution in [1.29, 1.82) is 5.26 Å². The highest BCUT2D eigenvalue weighted by Crippen LogP contribution is 2.29. The Morgan fingerprint density at radius 2 is 2.29 bits per heavy atom. The summed E-state index contributed by atoms with van der Waals surface area (Å²) in [4.78, 5) is 13.3. The van der Waals surface area contributed by atoms with Crippen LogP contribution in [-0.2, 0) is 4.79 Å². The van der Waals surface area contributed by atoms with Crippen molar-refractivity contribution in [2.24, 2.45) is 5.92 Å². The molecule has 1 aliphatic heterocycles. The molecule has 1 amide bonds. The minimum Gasteiger partial charge on any atom is -0.310 e. The predicted molar refractivity (Wildman–Crippen MR) is 65.5 cm³/mol. The Morgan fingerprint density at radius 1 is 1.53 bits per heavy atom. The van der Waals surface area contributed by atoms with Crippen LogP contribution >= 0.6 is 11.6 Å². The number of nitrogens with zero attached hydrogens (tertiary/aromatic N) is 2. The number of nitriles is 1. The van der Waals surface area contributed by atoms with Crippen molar-refractivity contribution >= 4 is 23.2 Å². The van der Waals surface area contributed by atoms with Gasteiger partial charge in [0.2, 0.25) is 5.91 Å². The average molecular weight is 245 g/mol. The summed E-state index contributed by atoms with van der Waals surface area (Å²) in [6.45, 7) is 0.449. The van der Waals surface area contributed by atoms with Crippen LogP contribution in [0.4, 0.5) is 5.69 Å². The Bertz CT molecular complexity index is 554. The van der Waals surface area contributed by atoms with Gasteiger partial charge in [-0.3, -0.25) is 4.79 Å². The molecule has 1 unspecified atom stereocenters. The van der Waals surface area contributed by atoms with Gasteiger partial charge in [0.25, 0.3) is 0 Å². The van der Waals surface area contributed by atoms with Crippen molar-refractivity contribution in [3.05, 3.63) is 28.8 Å². The maximum absolute atomic E-state index is 11.8. The fourth-order valence-corrected chi connectivity index (χ4v) is 2.04. The number of halogens is 1. The Labute approximate surface area is 105 Å². The molecule has 1 aliphatic rings. The van der Waals surface area contributed by atoms with E-state index in [-0.39, 0.29) is 11.8 Å². The standard InChI is InChI=1S/C13H9ClN2O/c1-2-9-5-13(17)16(8-9)12-6-11(14)4-3-10(12)7-15/h1,3-4,6,9H,5,8H2. The molecule has 0 bridgehead atoms. The summed E-state index contributed by atoms with van der Waals surface area (Å²) >= 11 is 5.88. The molecule has 0 saturated carbocycles. The van der Waals surface area contributed by atoms with Crippen LogP contribution in [0.2, 0.25) is 5.02 Å². The number of anilines is 1. The van der Waals surface area contributed by atoms with Gasteiger partial charge < -0.3 is 4.90 Å². The first-order valence-electron chi connectivity index (χ1n) is 5.12. The van der Waals surface area contributed by atoms with Crippen LogP contribution in [0.5, 0.6) is 0 Å². The van der Waals surface area contributed by atoms with E-state index in [4.69, 9.17) is 23.3 Å². The lowest BCUT2D eigenvalue weighted by Crippen LogP contribution is -2.25. The molecule has 0 aliphatic carbocycles. The maximum Gasteiger partial charge on any atom is 0.228 e. The summed E-state index contributed by atoms with van der Waals surface area (Å²) < 4.78 is 0. The molecule has 1 heterocycles. The molecule has 17 heavy (non-hydrogen) atoms. The third kappa shape index (κ3) is 2.11. The third-order valence-corrected chi connectivity index (χ3v) is 2.97. The Morgan fingerprint density at radius 3 is 2.88 bits per heavy atom. The van der Waals surface area contributed by atoms with Crippen LogP contribution in [0, 0.1) is 29.6 Å². The van der Waals surface area contributed by atoms with Crippen LogP contribution < -0.4 is 4.90 Å². The maximum atomic E-state index is 11.8. The van der Waals surface area contributed by atoms with E-state index in [0.29, 0.717) is 29.2 Å². The van der Waals surface area contributed by atoms with Crippen molar-refractivity contribution in [2.45, 2.75) is 6.42 Å². The summed E-state index contributed by atoms with van der Waals surface area (Å²) in [6.07, 6.45) is 5.64. The number of terminal acetylenes is 1. The summed E-state index contributed by atoms with van der Waals surface area (Å²) in [6, 6.07) is 6.90. The minimum atomic E-state index is -0.0898. The molecule has 1 atom stereocenters. The zero-order chi connectivity index (χ0) is 12.4. The van der Waals surface area contributed by atoms with Gasteiger partial charge in [-0.15, -0.1) is 12.3 Å². The molecular formula is C13H9ClN2O. The third-order valence-electron chi connectivity index (χ3n) is 2.73. The number of amides is 1. The first kappa shape index (κ1) is 11.5. The zero-order valence-corrected chi connectivity index (χ0v) is 9.74. The van der Waals surface area contributed by atoms with E-state index in [1.165, 1.54) is 4.90 Å². The van der Waals surface area contributed by atoms with Gasteiger partial charge in [-0.05, 0) is 18.2 Å². The average Bonchev–Trinajstić information content (AvgIpc) is 2.70. The number of hydrogen-bond donors (Lipinski definition) is 0. The van der Waals surface area contributed by atoms with Gasteiger partial charge in [-0.2, -0.15) is 5.26 Å². The van der Waals surface area contributed by atoms with Gasteiger partial charge in [0.15, 0.2) is 0 Å². The number of rotatable bonds is 1. The molecule has 0 spiro atoms. The number of hydrogen-bond acceptors (Lipinski definition) is 2. The van der Waals surface area contributed by atoms with Gasteiger partial charge in [0, 0.05) is 23.9 Å². The fraction of sp³-hybridized carbons (Fsp3) is 0.231. The zero-order valence-electron chi connectivity index (χ0n) is 8.98. The molecular weight excluding hydrogens is 236 g/mol. The topological polar surface area (TPSA) is 44.1 Å². The van der Waals surface area contributed by atoms with Crippen molar-refractivity contribution in [1.82, 2.24) is 0 Å². The van der Waals surface area contributed by atoms with E-state index in [0.717, 1.165) is 0 Å². The molecule has 0 radical (unpaired) electrons. The van der Waals surface area contributed by atoms with Crippen LogP contribution in [0.25, 0.3) is 0 Å². The monoisotopic (exact) mass is 244 g/mol. The summed E-state index contributed by atoms with van der Waals surface area (Å²) in [5.74, 6) is 2.41. The minimum absolute atomic E-state index is 0.0632. The lowest BCUT2D eigenvalue weighted by molar-refractivity contribution is -0.117. The van der Waals surface area contributed by atoms with Gasteiger partial charge >= 0.3 is 0 Å². The van der Waals surface area contributed by atoms with Gasteiger partial charge in [-0.1, -0.05) is 11.6 Å². The predicted octanol–water partition coefficient (Wildman–Crippen LogP) is 2.20. The van der Waals surface area contributed by atoms with E-state index in [9.17, 15) is 4.79 Å². The SMILES string of the molecule is C#CC1CC(=O)N(c2cc(Cl)ccc2C#N)C1. The fourth-order valence-electron chi connectivity index (χ4n) is 1.87. The van der Waals surface area contributed by atoms with Crippen molar-refractivity contribution < 1.29 is 4.79 Å². The molecule has 1 fully saturated rings. The van der Waals surface area contributed by atoms with E-state index in [2.05, 4.69) is 5.92 Å². The highest BCUT2D eigenvalue weighted by Gasteiger charge is 2.30. The highest BCUT2D eigenvalue weighted by molar-refractivity contribution is 6.31. The first-order chi connectivity index (χ1) is 8.15. The molecule has 2 rings (SSSR count). The highest BCUT2D eigenvalue weighted by atomic mass is 35.5. The summed E-state index contributed by atoms with van der Waals surface area (Å²) in [5.41, 5.74) is 0.975. The summed E-state index contributed by atoms with van der Waals surface area (Å²) in [7, 11) is 0. The second-order valence-electron chi connectivity index (χ2n) is 3.85. The quantitative estimate of drug-likeness (QED) is 0.711. The van der Waals surface area contributed by atoms with E-state index < -0.39 is 0 Å². The molecule has 1 aromatic carbocycles. The molecule has 4 heteroatoms. The van der Waals surface area contributed by atoms with Crippen LogP contribution in [0.3, 0.4) is 0 Å². The van der Waals surface area contributed by atoms with Crippen molar-refractivity contribution in [3.8, 4) is 18.4 Å². The molecule has 0 aromatic heterocycles. The lowest BCUT2D eigenvalue weighted by atomic mass is 10.1. The lowest BCUT2D eigenvalue weighted by Gasteiger charge is -2.17. The number of carbonyl (C=O) groups excluding carboxylic acids is 1. The Hall–Kier alpha value is -1.97. The number of carbonyl (C=O) groups is 1. The molecule has 1 saturated heterocycles. The number of benzene rings is 1. The van der Waals surface area contributed by atoms with E-state index >= 15 is 0 Å². The molecule has 1 aromatic rings. The first-order valence-corrected chi connectivity index (χ1v) is 5.49.